The quantitative estimate of drug-likeness (QED) is 0.524. The number of amides is 1. The second-order valence-corrected chi connectivity index (χ2v) is 7.39. The minimum Gasteiger partial charge on any atom is -0.485 e. The van der Waals surface area contributed by atoms with Gasteiger partial charge in [-0.05, 0) is 32.0 Å². The molecular formula is C20H20F5N5O2. The topological polar surface area (TPSA) is 81.9 Å². The van der Waals surface area contributed by atoms with Gasteiger partial charge in [0.1, 0.15) is 5.75 Å². The molecular weight excluding hydrogens is 437 g/mol. The molecule has 3 aromatic heterocycles. The van der Waals surface area contributed by atoms with Gasteiger partial charge >= 0.3 is 12.1 Å². The lowest BCUT2D eigenvalue weighted by Gasteiger charge is -2.19. The molecule has 3 heterocycles. The Balaban J connectivity index is 1.68. The van der Waals surface area contributed by atoms with E-state index in [4.69, 9.17) is 0 Å². The summed E-state index contributed by atoms with van der Waals surface area (Å²) in [6.45, 7) is 2.08. The van der Waals surface area contributed by atoms with Crippen LogP contribution in [0.4, 0.5) is 22.0 Å². The Kier molecular flexibility index (Phi) is 6.60. The predicted octanol–water partition coefficient (Wildman–Crippen LogP) is 3.52. The van der Waals surface area contributed by atoms with Gasteiger partial charge in [-0.1, -0.05) is 0 Å². The molecule has 3 rings (SSSR count). The second kappa shape index (κ2) is 9.05. The van der Waals surface area contributed by atoms with Crippen molar-refractivity contribution in [2.45, 2.75) is 45.0 Å². The fourth-order valence-electron chi connectivity index (χ4n) is 2.81. The van der Waals surface area contributed by atoms with Gasteiger partial charge in [0.05, 0.1) is 36.1 Å². The fourth-order valence-corrected chi connectivity index (χ4v) is 2.81. The van der Waals surface area contributed by atoms with Crippen LogP contribution >= 0.6 is 0 Å². The van der Waals surface area contributed by atoms with Crippen molar-refractivity contribution in [3.05, 3.63) is 48.2 Å². The number of fused-ring (bicyclic) bond motifs is 1. The fraction of sp³-hybridized carbons (Fsp3) is 0.400. The maximum atomic E-state index is 12.9. The van der Waals surface area contributed by atoms with Crippen LogP contribution in [-0.4, -0.2) is 50.4 Å². The van der Waals surface area contributed by atoms with E-state index in [2.05, 4.69) is 25.1 Å². The van der Waals surface area contributed by atoms with E-state index in [1.54, 1.807) is 23.1 Å². The Labute approximate surface area is 179 Å². The normalized spacial score (nSPS) is 12.4. The van der Waals surface area contributed by atoms with Gasteiger partial charge < -0.3 is 10.1 Å². The Hall–Kier alpha value is -3.31. The maximum absolute atomic E-state index is 12.9. The molecule has 0 aromatic carbocycles. The summed E-state index contributed by atoms with van der Waals surface area (Å²) in [5, 5.41) is 7.90. The first-order valence-electron chi connectivity index (χ1n) is 9.57. The highest BCUT2D eigenvalue weighted by molar-refractivity contribution is 5.86. The number of pyridine rings is 2. The molecule has 0 spiro atoms. The third kappa shape index (κ3) is 5.68. The summed E-state index contributed by atoms with van der Waals surface area (Å²) in [7, 11) is 0. The van der Waals surface area contributed by atoms with Crippen molar-refractivity contribution in [3.63, 3.8) is 0 Å². The summed E-state index contributed by atoms with van der Waals surface area (Å²) < 4.78 is 68.6. The SMILES string of the molecule is CC(C)NC(=O)Cc1nccc2nn(Cc3ccc(OCC(F)(F)C(F)(F)F)cn3)cc12. The molecule has 0 unspecified atom stereocenters. The van der Waals surface area contributed by atoms with Gasteiger partial charge in [0.2, 0.25) is 5.91 Å². The highest BCUT2D eigenvalue weighted by Gasteiger charge is 2.58. The molecule has 0 aliphatic carbocycles. The summed E-state index contributed by atoms with van der Waals surface area (Å²) in [6, 6.07) is 4.38. The average Bonchev–Trinajstić information content (AvgIpc) is 3.09. The van der Waals surface area contributed by atoms with E-state index in [1.807, 2.05) is 13.8 Å². The van der Waals surface area contributed by atoms with Crippen molar-refractivity contribution in [2.75, 3.05) is 6.61 Å². The van der Waals surface area contributed by atoms with Crippen LogP contribution in [0.2, 0.25) is 0 Å². The number of aromatic nitrogens is 4. The van der Waals surface area contributed by atoms with E-state index in [0.717, 1.165) is 6.20 Å². The van der Waals surface area contributed by atoms with Crippen LogP contribution in [0.5, 0.6) is 5.75 Å². The van der Waals surface area contributed by atoms with Crippen molar-refractivity contribution in [3.8, 4) is 5.75 Å². The molecule has 0 fully saturated rings. The molecule has 0 atom stereocenters. The van der Waals surface area contributed by atoms with E-state index >= 15 is 0 Å². The first kappa shape index (κ1) is 23.4. The van der Waals surface area contributed by atoms with Crippen LogP contribution in [-0.2, 0) is 17.8 Å². The lowest BCUT2D eigenvalue weighted by molar-refractivity contribution is -0.290. The molecule has 0 saturated heterocycles. The summed E-state index contributed by atoms with van der Waals surface area (Å²) in [6.07, 6.45) is -1.27. The summed E-state index contributed by atoms with van der Waals surface area (Å²) in [5.74, 6) is -5.34. The van der Waals surface area contributed by atoms with Gasteiger partial charge in [-0.25, -0.2) is 0 Å². The van der Waals surface area contributed by atoms with E-state index < -0.39 is 18.7 Å². The Morgan fingerprint density at radius 2 is 1.91 bits per heavy atom. The molecule has 32 heavy (non-hydrogen) atoms. The Bertz CT molecular complexity index is 1080. The van der Waals surface area contributed by atoms with Crippen LogP contribution in [0.1, 0.15) is 25.2 Å². The van der Waals surface area contributed by atoms with Crippen LogP contribution < -0.4 is 10.1 Å². The molecule has 7 nitrogen and oxygen atoms in total. The Morgan fingerprint density at radius 3 is 2.53 bits per heavy atom. The molecule has 0 aliphatic rings. The number of nitrogens with one attached hydrogen (secondary N) is 1. The number of ether oxygens (including phenoxy) is 1. The zero-order valence-corrected chi connectivity index (χ0v) is 17.2. The van der Waals surface area contributed by atoms with Gasteiger partial charge in [0.15, 0.2) is 6.61 Å². The molecule has 172 valence electrons. The van der Waals surface area contributed by atoms with Crippen molar-refractivity contribution in [2.24, 2.45) is 0 Å². The van der Waals surface area contributed by atoms with Crippen LogP contribution in [0.15, 0.2) is 36.8 Å². The van der Waals surface area contributed by atoms with E-state index in [1.165, 1.54) is 12.1 Å². The minimum atomic E-state index is -5.69. The number of carbonyl (C=O) groups excluding carboxylic acids is 1. The number of rotatable bonds is 8. The van der Waals surface area contributed by atoms with Gasteiger partial charge in [-0.2, -0.15) is 27.1 Å². The zero-order chi connectivity index (χ0) is 23.5. The summed E-state index contributed by atoms with van der Waals surface area (Å²) in [5.41, 5.74) is 1.66. The van der Waals surface area contributed by atoms with Crippen LogP contribution in [0, 0.1) is 0 Å². The molecule has 0 radical (unpaired) electrons. The molecule has 0 aliphatic heterocycles. The monoisotopic (exact) mass is 457 g/mol. The maximum Gasteiger partial charge on any atom is 0.456 e. The average molecular weight is 457 g/mol. The van der Waals surface area contributed by atoms with Crippen molar-refractivity contribution in [1.29, 1.82) is 0 Å². The second-order valence-electron chi connectivity index (χ2n) is 7.39. The zero-order valence-electron chi connectivity index (χ0n) is 17.2. The van der Waals surface area contributed by atoms with E-state index in [-0.39, 0.29) is 30.7 Å². The lowest BCUT2D eigenvalue weighted by Crippen LogP contribution is -2.41. The van der Waals surface area contributed by atoms with Gasteiger partial charge in [-0.15, -0.1) is 0 Å². The number of nitrogens with zero attached hydrogens (tertiary/aromatic N) is 4. The number of alkyl halides is 5. The largest absolute Gasteiger partial charge is 0.485 e. The van der Waals surface area contributed by atoms with E-state index in [9.17, 15) is 26.7 Å². The van der Waals surface area contributed by atoms with Crippen molar-refractivity contribution < 1.29 is 31.5 Å². The molecule has 1 amide bonds. The third-order valence-corrected chi connectivity index (χ3v) is 4.30. The van der Waals surface area contributed by atoms with Gasteiger partial charge in [0, 0.05) is 23.8 Å². The number of hydrogen-bond donors (Lipinski definition) is 1. The predicted molar refractivity (Wildman–Crippen MR) is 104 cm³/mol. The molecule has 3 aromatic rings. The molecule has 0 saturated carbocycles. The standard InChI is InChI=1S/C20H20F5N5O2/c1-12(2)28-18(31)7-17-15-10-30(29-16(15)5-6-26-17)9-13-3-4-14(8-27-13)32-11-19(21,22)20(23,24)25/h3-6,8,10,12H,7,9,11H2,1-2H3,(H,28,31). The molecule has 12 heteroatoms. The number of halogens is 5. The third-order valence-electron chi connectivity index (χ3n) is 4.30. The summed E-state index contributed by atoms with van der Waals surface area (Å²) in [4.78, 5) is 20.3. The van der Waals surface area contributed by atoms with Gasteiger partial charge in [-0.3, -0.25) is 19.4 Å². The van der Waals surface area contributed by atoms with E-state index in [0.29, 0.717) is 22.3 Å². The van der Waals surface area contributed by atoms with Crippen LogP contribution in [0.25, 0.3) is 10.9 Å². The number of carbonyl (C=O) groups is 1. The highest BCUT2D eigenvalue weighted by atomic mass is 19.4. The van der Waals surface area contributed by atoms with Gasteiger partial charge in [0.25, 0.3) is 0 Å². The molecule has 0 bridgehead atoms. The minimum absolute atomic E-state index is 0.00198. The first-order valence-corrected chi connectivity index (χ1v) is 9.57. The highest BCUT2D eigenvalue weighted by Crippen LogP contribution is 2.35. The lowest BCUT2D eigenvalue weighted by atomic mass is 10.2. The number of hydrogen-bond acceptors (Lipinski definition) is 5. The van der Waals surface area contributed by atoms with Crippen molar-refractivity contribution in [1.82, 2.24) is 25.1 Å². The summed E-state index contributed by atoms with van der Waals surface area (Å²) >= 11 is 0. The first-order chi connectivity index (χ1) is 14.9. The van der Waals surface area contributed by atoms with Crippen LogP contribution in [0.3, 0.4) is 0 Å². The van der Waals surface area contributed by atoms with Crippen molar-refractivity contribution >= 4 is 16.8 Å². The Morgan fingerprint density at radius 1 is 1.16 bits per heavy atom. The smallest absolute Gasteiger partial charge is 0.456 e. The molecule has 1 N–H and O–H groups in total.